The number of nitrogens with one attached hydrogen (secondary N) is 1. The van der Waals surface area contributed by atoms with Gasteiger partial charge >= 0.3 is 5.97 Å². The number of carboxylic acid groups (broad SMARTS) is 1. The predicted molar refractivity (Wildman–Crippen MR) is 81.3 cm³/mol. The van der Waals surface area contributed by atoms with E-state index in [0.29, 0.717) is 30.7 Å². The SMILES string of the molecule is NC(=O)CSCCC(=O)NCCc1ccccc1C(=O)O. The van der Waals surface area contributed by atoms with Crippen LogP contribution in [-0.4, -0.2) is 40.9 Å². The summed E-state index contributed by atoms with van der Waals surface area (Å²) in [6.07, 6.45) is 0.765. The molecule has 4 N–H and O–H groups in total. The molecule has 0 aliphatic rings. The molecule has 2 amide bonds. The third-order valence-electron chi connectivity index (χ3n) is 2.68. The van der Waals surface area contributed by atoms with Crippen molar-refractivity contribution in [3.63, 3.8) is 0 Å². The molecule has 0 heterocycles. The van der Waals surface area contributed by atoms with Gasteiger partial charge in [0, 0.05) is 18.7 Å². The normalized spacial score (nSPS) is 10.1. The van der Waals surface area contributed by atoms with Crippen LogP contribution in [0.15, 0.2) is 24.3 Å². The number of thioether (sulfide) groups is 1. The molecule has 1 rings (SSSR count). The molecule has 0 radical (unpaired) electrons. The van der Waals surface area contributed by atoms with Crippen LogP contribution in [0.4, 0.5) is 0 Å². The van der Waals surface area contributed by atoms with E-state index >= 15 is 0 Å². The molecular weight excluding hydrogens is 292 g/mol. The van der Waals surface area contributed by atoms with Crippen LogP contribution in [0, 0.1) is 0 Å². The van der Waals surface area contributed by atoms with E-state index < -0.39 is 11.9 Å². The van der Waals surface area contributed by atoms with Crippen molar-refractivity contribution in [1.29, 1.82) is 0 Å². The van der Waals surface area contributed by atoms with Gasteiger partial charge in [-0.05, 0) is 18.1 Å². The van der Waals surface area contributed by atoms with E-state index in [4.69, 9.17) is 10.8 Å². The lowest BCUT2D eigenvalue weighted by Gasteiger charge is -2.07. The van der Waals surface area contributed by atoms with Crippen LogP contribution in [0.5, 0.6) is 0 Å². The average Bonchev–Trinajstić information content (AvgIpc) is 2.44. The summed E-state index contributed by atoms with van der Waals surface area (Å²) in [5, 5.41) is 11.8. The molecule has 114 valence electrons. The van der Waals surface area contributed by atoms with Crippen LogP contribution in [0.1, 0.15) is 22.3 Å². The number of primary amides is 1. The molecule has 0 fully saturated rings. The highest BCUT2D eigenvalue weighted by atomic mass is 32.2. The van der Waals surface area contributed by atoms with E-state index in [0.717, 1.165) is 0 Å². The molecule has 0 spiro atoms. The molecule has 0 saturated heterocycles. The van der Waals surface area contributed by atoms with Crippen molar-refractivity contribution in [2.75, 3.05) is 18.1 Å². The number of hydrogen-bond donors (Lipinski definition) is 3. The highest BCUT2D eigenvalue weighted by Crippen LogP contribution is 2.09. The molecule has 0 unspecified atom stereocenters. The fourth-order valence-electron chi connectivity index (χ4n) is 1.71. The van der Waals surface area contributed by atoms with Crippen molar-refractivity contribution in [3.8, 4) is 0 Å². The number of carbonyl (C=O) groups is 3. The summed E-state index contributed by atoms with van der Waals surface area (Å²) in [4.78, 5) is 33.1. The number of carbonyl (C=O) groups excluding carboxylic acids is 2. The highest BCUT2D eigenvalue weighted by Gasteiger charge is 2.09. The molecule has 0 aromatic heterocycles. The Balaban J connectivity index is 2.29. The van der Waals surface area contributed by atoms with Crippen LogP contribution < -0.4 is 11.1 Å². The number of nitrogens with two attached hydrogens (primary N) is 1. The maximum atomic E-state index is 11.5. The smallest absolute Gasteiger partial charge is 0.335 e. The summed E-state index contributed by atoms with van der Waals surface area (Å²) in [5.74, 6) is -0.759. The molecule has 0 bridgehead atoms. The number of carboxylic acids is 1. The molecule has 1 aromatic carbocycles. The van der Waals surface area contributed by atoms with Crippen LogP contribution in [0.25, 0.3) is 0 Å². The highest BCUT2D eigenvalue weighted by molar-refractivity contribution is 7.99. The Morgan fingerprint density at radius 3 is 2.62 bits per heavy atom. The summed E-state index contributed by atoms with van der Waals surface area (Å²) in [7, 11) is 0. The Morgan fingerprint density at radius 2 is 1.95 bits per heavy atom. The second-order valence-corrected chi connectivity index (χ2v) is 5.44. The number of hydrogen-bond acceptors (Lipinski definition) is 4. The lowest BCUT2D eigenvalue weighted by molar-refractivity contribution is -0.120. The zero-order valence-corrected chi connectivity index (χ0v) is 12.3. The van der Waals surface area contributed by atoms with E-state index in [-0.39, 0.29) is 17.2 Å². The van der Waals surface area contributed by atoms with Gasteiger partial charge < -0.3 is 16.2 Å². The van der Waals surface area contributed by atoms with Crippen LogP contribution >= 0.6 is 11.8 Å². The fraction of sp³-hybridized carbons (Fsp3) is 0.357. The molecule has 1 aromatic rings. The van der Waals surface area contributed by atoms with Gasteiger partial charge in [0.25, 0.3) is 0 Å². The maximum Gasteiger partial charge on any atom is 0.335 e. The summed E-state index contributed by atoms with van der Waals surface area (Å²) in [6.45, 7) is 0.379. The first-order chi connectivity index (χ1) is 10.0. The Hall–Kier alpha value is -2.02. The third-order valence-corrected chi connectivity index (χ3v) is 3.66. The van der Waals surface area contributed by atoms with Gasteiger partial charge in [-0.15, -0.1) is 0 Å². The zero-order valence-electron chi connectivity index (χ0n) is 11.5. The van der Waals surface area contributed by atoms with Gasteiger partial charge in [0.2, 0.25) is 11.8 Å². The van der Waals surface area contributed by atoms with Crippen molar-refractivity contribution in [3.05, 3.63) is 35.4 Å². The Bertz CT molecular complexity index is 519. The minimum Gasteiger partial charge on any atom is -0.478 e. The average molecular weight is 310 g/mol. The Labute approximate surface area is 127 Å². The van der Waals surface area contributed by atoms with Crippen LogP contribution in [0.2, 0.25) is 0 Å². The molecule has 0 saturated carbocycles. The molecular formula is C14H18N2O4S. The molecule has 21 heavy (non-hydrogen) atoms. The first-order valence-corrected chi connectivity index (χ1v) is 7.60. The lowest BCUT2D eigenvalue weighted by Crippen LogP contribution is -2.26. The third kappa shape index (κ3) is 6.80. The largest absolute Gasteiger partial charge is 0.478 e. The summed E-state index contributed by atoms with van der Waals surface area (Å²) in [6, 6.07) is 6.71. The van der Waals surface area contributed by atoms with Gasteiger partial charge in [-0.25, -0.2) is 4.79 Å². The molecule has 6 nitrogen and oxygen atoms in total. The molecule has 0 aliphatic carbocycles. The van der Waals surface area contributed by atoms with Gasteiger partial charge in [0.05, 0.1) is 11.3 Å². The number of rotatable bonds is 9. The van der Waals surface area contributed by atoms with Crippen molar-refractivity contribution in [2.24, 2.45) is 5.73 Å². The zero-order chi connectivity index (χ0) is 15.7. The second kappa shape index (κ2) is 9.02. The van der Waals surface area contributed by atoms with Crippen molar-refractivity contribution < 1.29 is 19.5 Å². The number of benzene rings is 1. The minimum absolute atomic E-state index is 0.125. The van der Waals surface area contributed by atoms with Gasteiger partial charge in [0.1, 0.15) is 0 Å². The fourth-order valence-corrected chi connectivity index (χ4v) is 2.38. The van der Waals surface area contributed by atoms with Crippen molar-refractivity contribution >= 4 is 29.5 Å². The molecule has 7 heteroatoms. The monoisotopic (exact) mass is 310 g/mol. The van der Waals surface area contributed by atoms with Gasteiger partial charge in [-0.3, -0.25) is 9.59 Å². The number of amides is 2. The summed E-state index contributed by atoms with van der Waals surface area (Å²) < 4.78 is 0. The van der Waals surface area contributed by atoms with E-state index in [2.05, 4.69) is 5.32 Å². The standard InChI is InChI=1S/C14H18N2O4S/c15-12(17)9-21-8-6-13(18)16-7-5-10-3-1-2-4-11(10)14(19)20/h1-4H,5-9H2,(H2,15,17)(H,16,18)(H,19,20). The van der Waals surface area contributed by atoms with Gasteiger partial charge in [-0.2, -0.15) is 11.8 Å². The van der Waals surface area contributed by atoms with Crippen LogP contribution in [0.3, 0.4) is 0 Å². The summed E-state index contributed by atoms with van der Waals surface area (Å²) >= 11 is 1.31. The van der Waals surface area contributed by atoms with Gasteiger partial charge in [0.15, 0.2) is 0 Å². The first-order valence-electron chi connectivity index (χ1n) is 6.44. The quantitative estimate of drug-likeness (QED) is 0.580. The first kappa shape index (κ1) is 17.0. The second-order valence-electron chi connectivity index (χ2n) is 4.33. The number of aromatic carboxylic acids is 1. The Kier molecular flexibility index (Phi) is 7.31. The van der Waals surface area contributed by atoms with E-state index in [1.54, 1.807) is 24.3 Å². The topological polar surface area (TPSA) is 109 Å². The maximum absolute atomic E-state index is 11.5. The predicted octanol–water partition coefficient (Wildman–Crippen LogP) is 0.652. The Morgan fingerprint density at radius 1 is 1.24 bits per heavy atom. The van der Waals surface area contributed by atoms with Gasteiger partial charge in [-0.1, -0.05) is 18.2 Å². The summed E-state index contributed by atoms with van der Waals surface area (Å²) in [5.41, 5.74) is 5.93. The van der Waals surface area contributed by atoms with Crippen LogP contribution in [-0.2, 0) is 16.0 Å². The van der Waals surface area contributed by atoms with Crippen molar-refractivity contribution in [1.82, 2.24) is 5.32 Å². The van der Waals surface area contributed by atoms with Crippen molar-refractivity contribution in [2.45, 2.75) is 12.8 Å². The molecule has 0 atom stereocenters. The lowest BCUT2D eigenvalue weighted by atomic mass is 10.0. The minimum atomic E-state index is -0.972. The molecule has 0 aliphatic heterocycles. The van der Waals surface area contributed by atoms with E-state index in [1.165, 1.54) is 11.8 Å². The van der Waals surface area contributed by atoms with E-state index in [9.17, 15) is 14.4 Å². The van der Waals surface area contributed by atoms with E-state index in [1.807, 2.05) is 0 Å².